The maximum Gasteiger partial charge on any atom is 0.237 e. The van der Waals surface area contributed by atoms with E-state index in [1.807, 2.05) is 0 Å². The number of hydrogen-bond acceptors (Lipinski definition) is 3. The van der Waals surface area contributed by atoms with Crippen LogP contribution in [-0.2, 0) is 4.79 Å². The lowest BCUT2D eigenvalue weighted by molar-refractivity contribution is -0.122. The SMILES string of the molecule is CC(N)(CCCN(CC1CC1)CC1CC1)C(N)=O. The number of rotatable bonds is 9. The van der Waals surface area contributed by atoms with Crippen molar-refractivity contribution in [1.82, 2.24) is 4.90 Å². The molecule has 1 atom stereocenters. The second-order valence-corrected chi connectivity index (χ2v) is 6.53. The molecule has 0 aromatic heterocycles. The maximum absolute atomic E-state index is 11.2. The number of carbonyl (C=O) groups is 1. The highest BCUT2D eigenvalue weighted by molar-refractivity contribution is 5.83. The van der Waals surface area contributed by atoms with Crippen LogP contribution in [-0.4, -0.2) is 36.0 Å². The van der Waals surface area contributed by atoms with Crippen molar-refractivity contribution in [2.45, 2.75) is 51.0 Å². The summed E-state index contributed by atoms with van der Waals surface area (Å²) in [5.41, 5.74) is 10.3. The molecule has 0 bridgehead atoms. The quantitative estimate of drug-likeness (QED) is 0.646. The summed E-state index contributed by atoms with van der Waals surface area (Å²) in [6.07, 6.45) is 7.26. The number of carbonyl (C=O) groups excluding carboxylic acids is 1. The molecular weight excluding hydrogens is 226 g/mol. The van der Waals surface area contributed by atoms with Crippen LogP contribution in [0, 0.1) is 11.8 Å². The largest absolute Gasteiger partial charge is 0.368 e. The van der Waals surface area contributed by atoms with Crippen LogP contribution >= 0.6 is 0 Å². The van der Waals surface area contributed by atoms with E-state index in [0.717, 1.165) is 24.8 Å². The zero-order chi connectivity index (χ0) is 13.2. The Morgan fingerprint density at radius 3 is 2.11 bits per heavy atom. The van der Waals surface area contributed by atoms with Crippen molar-refractivity contribution in [3.63, 3.8) is 0 Å². The normalized spacial score (nSPS) is 23.1. The van der Waals surface area contributed by atoms with E-state index in [1.54, 1.807) is 6.92 Å². The van der Waals surface area contributed by atoms with Crippen molar-refractivity contribution in [2.75, 3.05) is 19.6 Å². The average Bonchev–Trinajstić information content (AvgIpc) is 3.12. The van der Waals surface area contributed by atoms with Crippen molar-refractivity contribution in [1.29, 1.82) is 0 Å². The molecular formula is C14H27N3O. The zero-order valence-electron chi connectivity index (χ0n) is 11.5. The van der Waals surface area contributed by atoms with Gasteiger partial charge in [0.2, 0.25) is 5.91 Å². The van der Waals surface area contributed by atoms with Gasteiger partial charge in [-0.2, -0.15) is 0 Å². The first kappa shape index (κ1) is 13.8. The van der Waals surface area contributed by atoms with E-state index in [1.165, 1.54) is 38.8 Å². The lowest BCUT2D eigenvalue weighted by Gasteiger charge is -2.25. The number of primary amides is 1. The second-order valence-electron chi connectivity index (χ2n) is 6.53. The van der Waals surface area contributed by atoms with Gasteiger partial charge in [0, 0.05) is 13.1 Å². The molecule has 2 rings (SSSR count). The lowest BCUT2D eigenvalue weighted by Crippen LogP contribution is -2.49. The minimum atomic E-state index is -0.842. The third-order valence-electron chi connectivity index (χ3n) is 4.16. The minimum absolute atomic E-state index is 0.390. The molecule has 0 spiro atoms. The predicted molar refractivity (Wildman–Crippen MR) is 72.9 cm³/mol. The molecule has 0 saturated heterocycles. The van der Waals surface area contributed by atoms with Crippen LogP contribution < -0.4 is 11.5 Å². The molecule has 104 valence electrons. The van der Waals surface area contributed by atoms with Crippen molar-refractivity contribution in [3.8, 4) is 0 Å². The summed E-state index contributed by atoms with van der Waals surface area (Å²) in [4.78, 5) is 13.7. The van der Waals surface area contributed by atoms with E-state index in [9.17, 15) is 4.79 Å². The fraction of sp³-hybridized carbons (Fsp3) is 0.929. The van der Waals surface area contributed by atoms with Gasteiger partial charge >= 0.3 is 0 Å². The molecule has 4 nitrogen and oxygen atoms in total. The van der Waals surface area contributed by atoms with E-state index >= 15 is 0 Å². The average molecular weight is 253 g/mol. The summed E-state index contributed by atoms with van der Waals surface area (Å²) in [5, 5.41) is 0. The number of amides is 1. The Labute approximate surface area is 110 Å². The third kappa shape index (κ3) is 4.58. The van der Waals surface area contributed by atoms with Gasteiger partial charge in [-0.15, -0.1) is 0 Å². The smallest absolute Gasteiger partial charge is 0.237 e. The summed E-state index contributed by atoms with van der Waals surface area (Å²) in [5.74, 6) is 1.48. The Bertz CT molecular complexity index is 281. The van der Waals surface area contributed by atoms with Gasteiger partial charge in [0.25, 0.3) is 0 Å². The molecule has 2 aliphatic rings. The fourth-order valence-corrected chi connectivity index (χ4v) is 2.38. The first-order chi connectivity index (χ1) is 8.47. The van der Waals surface area contributed by atoms with Gasteiger partial charge in [0.1, 0.15) is 0 Å². The minimum Gasteiger partial charge on any atom is -0.368 e. The Morgan fingerprint density at radius 1 is 1.22 bits per heavy atom. The summed E-state index contributed by atoms with van der Waals surface area (Å²) in [6, 6.07) is 0. The number of hydrogen-bond donors (Lipinski definition) is 2. The van der Waals surface area contributed by atoms with Crippen LogP contribution in [0.4, 0.5) is 0 Å². The highest BCUT2D eigenvalue weighted by atomic mass is 16.1. The van der Waals surface area contributed by atoms with Crippen molar-refractivity contribution in [3.05, 3.63) is 0 Å². The highest BCUT2D eigenvalue weighted by Crippen LogP contribution is 2.33. The molecule has 18 heavy (non-hydrogen) atoms. The zero-order valence-corrected chi connectivity index (χ0v) is 11.5. The maximum atomic E-state index is 11.2. The fourth-order valence-electron chi connectivity index (χ4n) is 2.38. The van der Waals surface area contributed by atoms with Crippen LogP contribution in [0.3, 0.4) is 0 Å². The standard InChI is InChI=1S/C14H27N3O/c1-14(16,13(15)18)7-2-8-17(9-11-3-4-11)10-12-5-6-12/h11-12H,2-10,16H2,1H3,(H2,15,18). The lowest BCUT2D eigenvalue weighted by atomic mass is 9.96. The number of nitrogens with zero attached hydrogens (tertiary/aromatic N) is 1. The second kappa shape index (κ2) is 5.57. The van der Waals surface area contributed by atoms with Crippen LogP contribution in [0.15, 0.2) is 0 Å². The Morgan fingerprint density at radius 2 is 1.72 bits per heavy atom. The molecule has 2 aliphatic carbocycles. The van der Waals surface area contributed by atoms with E-state index in [0.29, 0.717) is 6.42 Å². The predicted octanol–water partition coefficient (Wildman–Crippen LogP) is 1.09. The first-order valence-corrected chi connectivity index (χ1v) is 7.28. The van der Waals surface area contributed by atoms with Crippen molar-refractivity contribution in [2.24, 2.45) is 23.3 Å². The molecule has 1 unspecified atom stereocenters. The van der Waals surface area contributed by atoms with Gasteiger partial charge in [-0.1, -0.05) is 0 Å². The van der Waals surface area contributed by atoms with Crippen LogP contribution in [0.5, 0.6) is 0 Å². The van der Waals surface area contributed by atoms with Crippen LogP contribution in [0.2, 0.25) is 0 Å². The monoisotopic (exact) mass is 253 g/mol. The highest BCUT2D eigenvalue weighted by Gasteiger charge is 2.30. The van der Waals surface area contributed by atoms with E-state index in [4.69, 9.17) is 11.5 Å². The van der Waals surface area contributed by atoms with Crippen molar-refractivity contribution >= 4 is 5.91 Å². The van der Waals surface area contributed by atoms with Crippen LogP contribution in [0.1, 0.15) is 45.4 Å². The molecule has 1 amide bonds. The molecule has 4 heteroatoms. The number of nitrogens with two attached hydrogens (primary N) is 2. The third-order valence-corrected chi connectivity index (χ3v) is 4.16. The Balaban J connectivity index is 1.68. The van der Waals surface area contributed by atoms with Gasteiger partial charge in [-0.3, -0.25) is 4.79 Å². The van der Waals surface area contributed by atoms with Gasteiger partial charge < -0.3 is 16.4 Å². The van der Waals surface area contributed by atoms with Crippen molar-refractivity contribution < 1.29 is 4.79 Å². The van der Waals surface area contributed by atoms with E-state index < -0.39 is 11.4 Å². The van der Waals surface area contributed by atoms with Crippen LogP contribution in [0.25, 0.3) is 0 Å². The molecule has 0 aliphatic heterocycles. The van der Waals surface area contributed by atoms with E-state index in [-0.39, 0.29) is 0 Å². The Hall–Kier alpha value is -0.610. The topological polar surface area (TPSA) is 72.3 Å². The summed E-state index contributed by atoms with van der Waals surface area (Å²) >= 11 is 0. The summed E-state index contributed by atoms with van der Waals surface area (Å²) < 4.78 is 0. The summed E-state index contributed by atoms with van der Waals surface area (Å²) in [6.45, 7) is 5.29. The van der Waals surface area contributed by atoms with E-state index in [2.05, 4.69) is 4.90 Å². The van der Waals surface area contributed by atoms with Gasteiger partial charge in [0.15, 0.2) is 0 Å². The molecule has 2 saturated carbocycles. The van der Waals surface area contributed by atoms with Gasteiger partial charge in [-0.05, 0) is 63.8 Å². The molecule has 4 N–H and O–H groups in total. The molecule has 0 aromatic rings. The molecule has 0 radical (unpaired) electrons. The molecule has 0 aromatic carbocycles. The van der Waals surface area contributed by atoms with Gasteiger partial charge in [0.05, 0.1) is 5.54 Å². The molecule has 2 fully saturated rings. The molecule has 0 heterocycles. The summed E-state index contributed by atoms with van der Waals surface area (Å²) in [7, 11) is 0. The van der Waals surface area contributed by atoms with Gasteiger partial charge in [-0.25, -0.2) is 0 Å². The Kier molecular flexibility index (Phi) is 4.28. The first-order valence-electron chi connectivity index (χ1n) is 7.28.